The largest absolute Gasteiger partial charge is 0.497 e. The number of benzene rings is 1. The Hall–Kier alpha value is -1.59. The van der Waals surface area contributed by atoms with E-state index in [1.165, 1.54) is 0 Å². The quantitative estimate of drug-likeness (QED) is 0.805. The van der Waals surface area contributed by atoms with E-state index in [2.05, 4.69) is 10.6 Å². The number of amides is 1. The van der Waals surface area contributed by atoms with Crippen LogP contribution in [-0.2, 0) is 16.0 Å². The lowest BCUT2D eigenvalue weighted by Crippen LogP contribution is -2.48. The Morgan fingerprint density at radius 1 is 1.47 bits per heavy atom. The van der Waals surface area contributed by atoms with Crippen molar-refractivity contribution < 1.29 is 14.3 Å². The second kappa shape index (κ2) is 7.11. The molecule has 1 heterocycles. The minimum atomic E-state index is 0.0255. The van der Waals surface area contributed by atoms with Crippen LogP contribution in [0.2, 0.25) is 0 Å². The van der Waals surface area contributed by atoms with Crippen LogP contribution in [0.1, 0.15) is 5.56 Å². The standard InChI is InChI=1S/C14H20N2O3/c1-18-13-4-2-11(3-5-13)8-14(17)16-9-12-10-19-7-6-15-12/h2-5,12,15H,6-10H2,1H3,(H,16,17). The lowest BCUT2D eigenvalue weighted by atomic mass is 10.1. The van der Waals surface area contributed by atoms with Crippen LogP contribution in [0.4, 0.5) is 0 Å². The molecule has 0 spiro atoms. The SMILES string of the molecule is COc1ccc(CC(=O)NCC2COCCN2)cc1. The summed E-state index contributed by atoms with van der Waals surface area (Å²) in [6, 6.07) is 7.74. The number of hydrogen-bond donors (Lipinski definition) is 2. The summed E-state index contributed by atoms with van der Waals surface area (Å²) < 4.78 is 10.4. The van der Waals surface area contributed by atoms with E-state index >= 15 is 0 Å². The molecule has 2 rings (SSSR count). The van der Waals surface area contributed by atoms with Gasteiger partial charge in [-0.25, -0.2) is 0 Å². The number of methoxy groups -OCH3 is 1. The van der Waals surface area contributed by atoms with E-state index in [1.54, 1.807) is 7.11 Å². The summed E-state index contributed by atoms with van der Waals surface area (Å²) >= 11 is 0. The Labute approximate surface area is 113 Å². The predicted octanol–water partition coefficient (Wildman–Crippen LogP) is 0.342. The Balaban J connectivity index is 1.73. The molecule has 1 aliphatic rings. The molecule has 1 aliphatic heterocycles. The molecule has 104 valence electrons. The number of carbonyl (C=O) groups excluding carboxylic acids is 1. The van der Waals surface area contributed by atoms with Crippen molar-refractivity contribution in [3.8, 4) is 5.75 Å². The van der Waals surface area contributed by atoms with Crippen molar-refractivity contribution in [3.63, 3.8) is 0 Å². The fourth-order valence-corrected chi connectivity index (χ4v) is 1.98. The second-order valence-corrected chi connectivity index (χ2v) is 4.55. The highest BCUT2D eigenvalue weighted by atomic mass is 16.5. The summed E-state index contributed by atoms with van der Waals surface area (Å²) in [5, 5.41) is 6.21. The molecule has 0 saturated carbocycles. The summed E-state index contributed by atoms with van der Waals surface area (Å²) in [5.74, 6) is 0.824. The van der Waals surface area contributed by atoms with Gasteiger partial charge in [0.15, 0.2) is 0 Å². The highest BCUT2D eigenvalue weighted by Crippen LogP contribution is 2.11. The molecule has 1 unspecified atom stereocenters. The van der Waals surface area contributed by atoms with Crippen LogP contribution >= 0.6 is 0 Å². The maximum absolute atomic E-state index is 11.8. The van der Waals surface area contributed by atoms with E-state index in [4.69, 9.17) is 9.47 Å². The van der Waals surface area contributed by atoms with Crippen LogP contribution in [0.15, 0.2) is 24.3 Å². The molecule has 0 aliphatic carbocycles. The molecule has 5 heteroatoms. The van der Waals surface area contributed by atoms with E-state index < -0.39 is 0 Å². The monoisotopic (exact) mass is 264 g/mol. The maximum atomic E-state index is 11.8. The van der Waals surface area contributed by atoms with E-state index in [0.29, 0.717) is 19.6 Å². The van der Waals surface area contributed by atoms with E-state index in [0.717, 1.165) is 24.5 Å². The average Bonchev–Trinajstić information content (AvgIpc) is 2.47. The lowest BCUT2D eigenvalue weighted by Gasteiger charge is -2.23. The van der Waals surface area contributed by atoms with Gasteiger partial charge in [-0.3, -0.25) is 4.79 Å². The number of carbonyl (C=O) groups is 1. The molecular weight excluding hydrogens is 244 g/mol. The highest BCUT2D eigenvalue weighted by molar-refractivity contribution is 5.78. The van der Waals surface area contributed by atoms with Crippen molar-refractivity contribution >= 4 is 5.91 Å². The van der Waals surface area contributed by atoms with E-state index in [1.807, 2.05) is 24.3 Å². The molecule has 1 atom stereocenters. The molecule has 1 fully saturated rings. The molecule has 5 nitrogen and oxygen atoms in total. The fourth-order valence-electron chi connectivity index (χ4n) is 1.98. The zero-order valence-corrected chi connectivity index (χ0v) is 11.1. The maximum Gasteiger partial charge on any atom is 0.224 e. The molecular formula is C14H20N2O3. The summed E-state index contributed by atoms with van der Waals surface area (Å²) in [6.45, 7) is 2.85. The number of nitrogens with one attached hydrogen (secondary N) is 2. The zero-order chi connectivity index (χ0) is 13.5. The lowest BCUT2D eigenvalue weighted by molar-refractivity contribution is -0.120. The number of hydrogen-bond acceptors (Lipinski definition) is 4. The molecule has 1 aromatic carbocycles. The van der Waals surface area contributed by atoms with Crippen molar-refractivity contribution in [1.29, 1.82) is 0 Å². The summed E-state index contributed by atoms with van der Waals surface area (Å²) in [5.41, 5.74) is 0.978. The molecule has 1 aromatic rings. The summed E-state index contributed by atoms with van der Waals surface area (Å²) in [6.07, 6.45) is 0.386. The van der Waals surface area contributed by atoms with Crippen LogP contribution in [0, 0.1) is 0 Å². The number of morpholine rings is 1. The van der Waals surface area contributed by atoms with Gasteiger partial charge in [0.25, 0.3) is 0 Å². The van der Waals surface area contributed by atoms with Crippen molar-refractivity contribution in [2.75, 3.05) is 33.4 Å². The molecule has 1 amide bonds. The van der Waals surface area contributed by atoms with E-state index in [9.17, 15) is 4.79 Å². The summed E-state index contributed by atoms with van der Waals surface area (Å²) in [7, 11) is 1.63. The number of ether oxygens (including phenoxy) is 2. The third-order valence-electron chi connectivity index (χ3n) is 3.07. The highest BCUT2D eigenvalue weighted by Gasteiger charge is 2.13. The minimum Gasteiger partial charge on any atom is -0.497 e. The van der Waals surface area contributed by atoms with Crippen LogP contribution < -0.4 is 15.4 Å². The third-order valence-corrected chi connectivity index (χ3v) is 3.07. The van der Waals surface area contributed by atoms with Crippen molar-refractivity contribution in [3.05, 3.63) is 29.8 Å². The van der Waals surface area contributed by atoms with Crippen molar-refractivity contribution in [1.82, 2.24) is 10.6 Å². The van der Waals surface area contributed by atoms with Gasteiger partial charge in [-0.2, -0.15) is 0 Å². The van der Waals surface area contributed by atoms with Gasteiger partial charge in [-0.15, -0.1) is 0 Å². The second-order valence-electron chi connectivity index (χ2n) is 4.55. The van der Waals surface area contributed by atoms with Gasteiger partial charge in [0.05, 0.1) is 26.7 Å². The molecule has 19 heavy (non-hydrogen) atoms. The molecule has 0 bridgehead atoms. The van der Waals surface area contributed by atoms with Gasteiger partial charge >= 0.3 is 0 Å². The smallest absolute Gasteiger partial charge is 0.224 e. The first-order valence-electron chi connectivity index (χ1n) is 6.48. The van der Waals surface area contributed by atoms with Gasteiger partial charge in [0.1, 0.15) is 5.75 Å². The van der Waals surface area contributed by atoms with Gasteiger partial charge in [0, 0.05) is 19.1 Å². The topological polar surface area (TPSA) is 59.6 Å². The first-order chi connectivity index (χ1) is 9.28. The molecule has 0 radical (unpaired) electrons. The molecule has 0 aromatic heterocycles. The van der Waals surface area contributed by atoms with Gasteiger partial charge in [-0.1, -0.05) is 12.1 Å². The predicted molar refractivity (Wildman–Crippen MR) is 72.3 cm³/mol. The Morgan fingerprint density at radius 2 is 2.26 bits per heavy atom. The minimum absolute atomic E-state index is 0.0255. The van der Waals surface area contributed by atoms with Gasteiger partial charge in [0.2, 0.25) is 5.91 Å². The average molecular weight is 264 g/mol. The van der Waals surface area contributed by atoms with Crippen molar-refractivity contribution in [2.45, 2.75) is 12.5 Å². The fraction of sp³-hybridized carbons (Fsp3) is 0.500. The van der Waals surface area contributed by atoms with Crippen LogP contribution in [0.5, 0.6) is 5.75 Å². The number of rotatable bonds is 5. The summed E-state index contributed by atoms with van der Waals surface area (Å²) in [4.78, 5) is 11.8. The van der Waals surface area contributed by atoms with Gasteiger partial charge in [-0.05, 0) is 17.7 Å². The van der Waals surface area contributed by atoms with Crippen molar-refractivity contribution in [2.24, 2.45) is 0 Å². The van der Waals surface area contributed by atoms with Crippen LogP contribution in [-0.4, -0.2) is 45.4 Å². The van der Waals surface area contributed by atoms with Crippen LogP contribution in [0.25, 0.3) is 0 Å². The van der Waals surface area contributed by atoms with Crippen LogP contribution in [0.3, 0.4) is 0 Å². The van der Waals surface area contributed by atoms with Gasteiger partial charge < -0.3 is 20.1 Å². The Bertz CT molecular complexity index is 400. The third kappa shape index (κ3) is 4.54. The first kappa shape index (κ1) is 13.8. The molecule has 1 saturated heterocycles. The normalized spacial score (nSPS) is 18.9. The Kier molecular flexibility index (Phi) is 5.18. The zero-order valence-electron chi connectivity index (χ0n) is 11.1. The molecule has 2 N–H and O–H groups in total. The first-order valence-corrected chi connectivity index (χ1v) is 6.48. The van der Waals surface area contributed by atoms with E-state index in [-0.39, 0.29) is 11.9 Å². The Morgan fingerprint density at radius 3 is 2.89 bits per heavy atom.